The van der Waals surface area contributed by atoms with Gasteiger partial charge in [-0.25, -0.2) is 0 Å². The summed E-state index contributed by atoms with van der Waals surface area (Å²) >= 11 is 0. The van der Waals surface area contributed by atoms with Crippen molar-refractivity contribution in [3.63, 3.8) is 0 Å². The Balaban J connectivity index is 2.09. The van der Waals surface area contributed by atoms with Crippen LogP contribution in [0.3, 0.4) is 0 Å². The van der Waals surface area contributed by atoms with Crippen molar-refractivity contribution in [2.24, 2.45) is 23.7 Å². The number of rotatable bonds is 14. The van der Waals surface area contributed by atoms with Gasteiger partial charge in [0.1, 0.15) is 0 Å². The van der Waals surface area contributed by atoms with Crippen molar-refractivity contribution in [1.29, 1.82) is 0 Å². The summed E-state index contributed by atoms with van der Waals surface area (Å²) in [5.41, 5.74) is 1.42. The SMILES string of the molecule is [3H][C@]1(O)C[C@@H]2C=C(CCCCC(=O)OC)C[C@@H]2[C@H]1/C=C/[C@H](C[C@@H](C)CCCC)O[Si](C)(C)C(C)(C)C. The Morgan fingerprint density at radius 2 is 2.03 bits per heavy atom. The summed E-state index contributed by atoms with van der Waals surface area (Å²) in [5.74, 6) is 0.810. The highest BCUT2D eigenvalue weighted by Crippen LogP contribution is 2.48. The lowest BCUT2D eigenvalue weighted by atomic mass is 9.88. The largest absolute Gasteiger partial charge is 0.469 e. The third-order valence-electron chi connectivity index (χ3n) is 8.62. The van der Waals surface area contributed by atoms with Gasteiger partial charge in [-0.2, -0.15) is 0 Å². The van der Waals surface area contributed by atoms with Crippen LogP contribution in [0, 0.1) is 23.7 Å². The highest BCUT2D eigenvalue weighted by atomic mass is 28.4. The van der Waals surface area contributed by atoms with Crippen LogP contribution in [-0.2, 0) is 14.0 Å². The van der Waals surface area contributed by atoms with Crippen LogP contribution in [-0.4, -0.2) is 38.7 Å². The predicted molar refractivity (Wildman–Crippen MR) is 149 cm³/mol. The smallest absolute Gasteiger partial charge is 0.305 e. The summed E-state index contributed by atoms with van der Waals surface area (Å²) in [6, 6.07) is 0. The zero-order valence-electron chi connectivity index (χ0n) is 24.9. The molecule has 1 N–H and O–H groups in total. The number of unbranched alkanes of at least 4 members (excludes halogenated alkanes) is 2. The summed E-state index contributed by atoms with van der Waals surface area (Å²) in [5, 5.41) is 11.2. The molecule has 0 saturated heterocycles. The molecule has 2 aliphatic carbocycles. The van der Waals surface area contributed by atoms with E-state index in [0.29, 0.717) is 18.8 Å². The summed E-state index contributed by atoms with van der Waals surface area (Å²) in [6.45, 7) is 16.0. The number of fused-ring (bicyclic) bond motifs is 1. The molecule has 35 heavy (non-hydrogen) atoms. The van der Waals surface area contributed by atoms with Crippen LogP contribution < -0.4 is 0 Å². The number of carbonyl (C=O) groups is 1. The molecule has 1 saturated carbocycles. The maximum atomic E-state index is 11.4. The lowest BCUT2D eigenvalue weighted by molar-refractivity contribution is -0.140. The molecule has 0 aromatic carbocycles. The van der Waals surface area contributed by atoms with Crippen molar-refractivity contribution in [2.75, 3.05) is 7.11 Å². The van der Waals surface area contributed by atoms with E-state index in [2.05, 4.69) is 65.9 Å². The average molecular weight is 509 g/mol. The maximum absolute atomic E-state index is 11.4. The molecular formula is C30H54O4Si. The number of carbonyl (C=O) groups excluding carboxylic acids is 1. The Hall–Kier alpha value is -0.913. The highest BCUT2D eigenvalue weighted by Gasteiger charge is 2.43. The molecule has 0 radical (unpaired) electrons. The summed E-state index contributed by atoms with van der Waals surface area (Å²) in [4.78, 5) is 11.4. The second kappa shape index (κ2) is 13.6. The minimum atomic E-state index is -1.95. The van der Waals surface area contributed by atoms with Crippen LogP contribution in [0.15, 0.2) is 23.8 Å². The summed E-state index contributed by atoms with van der Waals surface area (Å²) in [7, 11) is -0.513. The molecule has 0 aliphatic heterocycles. The zero-order chi connectivity index (χ0) is 27.1. The number of hydrogen-bond acceptors (Lipinski definition) is 4. The molecule has 202 valence electrons. The fourth-order valence-corrected chi connectivity index (χ4v) is 6.66. The number of esters is 1. The van der Waals surface area contributed by atoms with Gasteiger partial charge in [0.2, 0.25) is 0 Å². The highest BCUT2D eigenvalue weighted by molar-refractivity contribution is 6.74. The molecule has 2 aliphatic rings. The van der Waals surface area contributed by atoms with Gasteiger partial charge in [0, 0.05) is 12.3 Å². The summed E-state index contributed by atoms with van der Waals surface area (Å²) < 4.78 is 20.3. The number of ether oxygens (including phenoxy) is 1. The van der Waals surface area contributed by atoms with Crippen LogP contribution in [0.2, 0.25) is 18.1 Å². The van der Waals surface area contributed by atoms with Crippen molar-refractivity contribution >= 4 is 14.3 Å². The Kier molecular flexibility index (Phi) is 11.1. The standard InChI is InChI=1S/C30H54O4Si/c1-9-10-13-22(2)18-25(34-35(7,8)30(3,4)5)16-17-26-27-20-23(19-24(27)21-28(26)31)14-11-12-15-29(32)33-6/h16-17,19,22,24-28,31H,9-15,18,20-21H2,1-8H3/b17-16+/t22-,24-,25+,26+,27-,28-/m0/s1/i28T. The molecule has 0 aromatic rings. The first-order valence-electron chi connectivity index (χ1n) is 14.5. The third kappa shape index (κ3) is 9.16. The first kappa shape index (κ1) is 28.7. The van der Waals surface area contributed by atoms with Gasteiger partial charge in [-0.3, -0.25) is 4.79 Å². The molecule has 0 bridgehead atoms. The van der Waals surface area contributed by atoms with Gasteiger partial charge in [0.05, 0.1) is 20.7 Å². The van der Waals surface area contributed by atoms with Crippen LogP contribution in [0.5, 0.6) is 0 Å². The molecule has 0 heterocycles. The monoisotopic (exact) mass is 508 g/mol. The van der Waals surface area contributed by atoms with E-state index >= 15 is 0 Å². The lowest BCUT2D eigenvalue weighted by Gasteiger charge is -2.39. The maximum Gasteiger partial charge on any atom is 0.305 e. The second-order valence-corrected chi connectivity index (χ2v) is 17.4. The molecule has 6 atom stereocenters. The molecule has 2 rings (SSSR count). The van der Waals surface area contributed by atoms with Gasteiger partial charge < -0.3 is 14.3 Å². The molecule has 0 spiro atoms. The molecule has 0 aromatic heterocycles. The fourth-order valence-electron chi connectivity index (χ4n) is 5.37. The third-order valence-corrected chi connectivity index (χ3v) is 13.1. The number of methoxy groups -OCH3 is 1. The Morgan fingerprint density at radius 1 is 1.31 bits per heavy atom. The molecular weight excluding hydrogens is 452 g/mol. The molecule has 5 heteroatoms. The number of hydrogen-bond donors (Lipinski definition) is 1. The first-order valence-corrected chi connectivity index (χ1v) is 17.0. The van der Waals surface area contributed by atoms with E-state index < -0.39 is 14.4 Å². The zero-order valence-corrected chi connectivity index (χ0v) is 24.9. The Bertz CT molecular complexity index is 767. The second-order valence-electron chi connectivity index (χ2n) is 12.6. The van der Waals surface area contributed by atoms with Gasteiger partial charge >= 0.3 is 5.97 Å². The molecule has 4 nitrogen and oxygen atoms in total. The van der Waals surface area contributed by atoms with E-state index in [1.807, 2.05) is 0 Å². The fraction of sp³-hybridized carbons (Fsp3) is 0.833. The molecule has 0 amide bonds. The van der Waals surface area contributed by atoms with E-state index in [-0.39, 0.29) is 34.9 Å². The quantitative estimate of drug-likeness (QED) is 0.112. The van der Waals surface area contributed by atoms with Gasteiger partial charge in [-0.1, -0.05) is 77.7 Å². The topological polar surface area (TPSA) is 55.8 Å². The van der Waals surface area contributed by atoms with Crippen molar-refractivity contribution in [3.05, 3.63) is 23.8 Å². The minimum absolute atomic E-state index is 0.0275. The van der Waals surface area contributed by atoms with Crippen LogP contribution >= 0.6 is 0 Å². The van der Waals surface area contributed by atoms with Crippen molar-refractivity contribution < 1.29 is 20.4 Å². The van der Waals surface area contributed by atoms with E-state index in [1.165, 1.54) is 31.9 Å². The Morgan fingerprint density at radius 3 is 2.66 bits per heavy atom. The number of allylic oxidation sites excluding steroid dienone is 2. The minimum Gasteiger partial charge on any atom is -0.469 e. The van der Waals surface area contributed by atoms with E-state index in [0.717, 1.165) is 32.1 Å². The van der Waals surface area contributed by atoms with Crippen molar-refractivity contribution in [1.82, 2.24) is 0 Å². The van der Waals surface area contributed by atoms with Crippen LogP contribution in [0.4, 0.5) is 0 Å². The lowest BCUT2D eigenvalue weighted by Crippen LogP contribution is -2.44. The van der Waals surface area contributed by atoms with Gasteiger partial charge in [-0.05, 0) is 74.4 Å². The van der Waals surface area contributed by atoms with Gasteiger partial charge in [-0.15, -0.1) is 0 Å². The summed E-state index contributed by atoms with van der Waals surface area (Å²) in [6.07, 6.45) is 14.6. The van der Waals surface area contributed by atoms with Gasteiger partial charge in [0.15, 0.2) is 8.32 Å². The van der Waals surface area contributed by atoms with E-state index in [9.17, 15) is 9.90 Å². The van der Waals surface area contributed by atoms with Crippen molar-refractivity contribution in [2.45, 2.75) is 129 Å². The normalized spacial score (nSPS) is 29.1. The van der Waals surface area contributed by atoms with Gasteiger partial charge in [0.25, 0.3) is 0 Å². The number of aliphatic hydroxyl groups is 1. The first-order chi connectivity index (χ1) is 16.7. The molecule has 1 fully saturated rings. The van der Waals surface area contributed by atoms with E-state index in [4.69, 9.17) is 10.5 Å². The van der Waals surface area contributed by atoms with Crippen LogP contribution in [0.1, 0.15) is 100 Å². The average Bonchev–Trinajstić information content (AvgIpc) is 3.25. The Labute approximate surface area is 218 Å². The predicted octanol–water partition coefficient (Wildman–Crippen LogP) is 7.83. The molecule has 0 unspecified atom stereocenters. The van der Waals surface area contributed by atoms with Crippen LogP contribution in [0.25, 0.3) is 0 Å². The van der Waals surface area contributed by atoms with Crippen molar-refractivity contribution in [3.8, 4) is 0 Å². The van der Waals surface area contributed by atoms with E-state index in [1.54, 1.807) is 0 Å².